The van der Waals surface area contributed by atoms with Crippen LogP contribution in [0, 0.1) is 5.92 Å². The lowest BCUT2D eigenvalue weighted by Gasteiger charge is -2.30. The molecule has 8 nitrogen and oxygen atoms in total. The quantitative estimate of drug-likeness (QED) is 0.650. The summed E-state index contributed by atoms with van der Waals surface area (Å²) in [5.74, 6) is -1.96. The molecule has 2 N–H and O–H groups in total. The van der Waals surface area contributed by atoms with Gasteiger partial charge in [0.15, 0.2) is 0 Å². The Balaban J connectivity index is 0.000000406. The van der Waals surface area contributed by atoms with Crippen molar-refractivity contribution in [1.29, 1.82) is 0 Å². The van der Waals surface area contributed by atoms with Crippen LogP contribution in [0.4, 0.5) is 18.0 Å². The minimum Gasteiger partial charge on any atom is -0.475 e. The summed E-state index contributed by atoms with van der Waals surface area (Å²) in [4.78, 5) is 38.2. The van der Waals surface area contributed by atoms with E-state index in [2.05, 4.69) is 12.2 Å². The fraction of sp³-hybridized carbons (Fsp3) is 0.522. The van der Waals surface area contributed by atoms with Gasteiger partial charge in [-0.3, -0.25) is 9.36 Å². The molecule has 1 aromatic carbocycles. The van der Waals surface area contributed by atoms with Crippen LogP contribution in [0.25, 0.3) is 10.9 Å². The molecule has 1 fully saturated rings. The number of carboxylic acid groups (broad SMARTS) is 1. The topological polar surface area (TPSA) is 94.9 Å². The van der Waals surface area contributed by atoms with Gasteiger partial charge in [0.1, 0.15) is 0 Å². The third-order valence-corrected chi connectivity index (χ3v) is 6.16. The van der Waals surface area contributed by atoms with Gasteiger partial charge in [-0.1, -0.05) is 6.92 Å². The lowest BCUT2D eigenvalue weighted by molar-refractivity contribution is -0.192. The molecule has 0 unspecified atom stereocenters. The molecule has 0 aliphatic carbocycles. The van der Waals surface area contributed by atoms with Crippen LogP contribution in [0.5, 0.6) is 0 Å². The first kappa shape index (κ1) is 25.5. The second kappa shape index (κ2) is 10.0. The summed E-state index contributed by atoms with van der Waals surface area (Å²) in [5.41, 5.74) is 3.83. The van der Waals surface area contributed by atoms with Crippen LogP contribution < -0.4 is 5.32 Å². The molecule has 11 heteroatoms. The van der Waals surface area contributed by atoms with E-state index in [4.69, 9.17) is 9.90 Å². The second-order valence-corrected chi connectivity index (χ2v) is 8.87. The molecular formula is C23H29F3N4O4. The largest absolute Gasteiger partial charge is 0.490 e. The fourth-order valence-corrected chi connectivity index (χ4v) is 4.23. The Morgan fingerprint density at radius 2 is 1.76 bits per heavy atom. The van der Waals surface area contributed by atoms with E-state index in [1.54, 1.807) is 19.0 Å². The van der Waals surface area contributed by atoms with Gasteiger partial charge in [-0.15, -0.1) is 0 Å². The van der Waals surface area contributed by atoms with Crippen molar-refractivity contribution in [3.05, 3.63) is 35.0 Å². The maximum Gasteiger partial charge on any atom is 0.490 e. The number of alkyl halides is 3. The van der Waals surface area contributed by atoms with Gasteiger partial charge in [0.25, 0.3) is 5.91 Å². The zero-order chi connectivity index (χ0) is 25.2. The first-order valence-electron chi connectivity index (χ1n) is 11.1. The molecule has 0 radical (unpaired) electrons. The number of amides is 2. The van der Waals surface area contributed by atoms with Gasteiger partial charge in [-0.25, -0.2) is 9.59 Å². The number of rotatable bonds is 1. The van der Waals surface area contributed by atoms with E-state index < -0.39 is 12.1 Å². The SMILES string of the molecule is CC1CCN(C(=O)c2ccc3c(c2)c2c(n3C(=O)N(C)C)CCNC2)CC1.O=C(O)C(F)(F)F. The Labute approximate surface area is 195 Å². The first-order chi connectivity index (χ1) is 15.9. The number of carbonyl (C=O) groups excluding carboxylic acids is 2. The van der Waals surface area contributed by atoms with Gasteiger partial charge in [-0.2, -0.15) is 13.2 Å². The summed E-state index contributed by atoms with van der Waals surface area (Å²) < 4.78 is 33.6. The molecule has 1 saturated heterocycles. The van der Waals surface area contributed by atoms with Gasteiger partial charge in [0.05, 0.1) is 5.52 Å². The van der Waals surface area contributed by atoms with Crippen molar-refractivity contribution in [2.24, 2.45) is 5.92 Å². The minimum atomic E-state index is -5.08. The van der Waals surface area contributed by atoms with Crippen molar-refractivity contribution < 1.29 is 32.7 Å². The summed E-state index contributed by atoms with van der Waals surface area (Å²) in [5, 5.41) is 11.5. The highest BCUT2D eigenvalue weighted by Crippen LogP contribution is 2.30. The average molecular weight is 483 g/mol. The predicted molar refractivity (Wildman–Crippen MR) is 120 cm³/mol. The maximum absolute atomic E-state index is 13.0. The molecule has 0 spiro atoms. The van der Waals surface area contributed by atoms with Crippen molar-refractivity contribution in [2.75, 3.05) is 33.7 Å². The molecular weight excluding hydrogens is 453 g/mol. The number of hydrogen-bond donors (Lipinski definition) is 2. The summed E-state index contributed by atoms with van der Waals surface area (Å²) in [6.07, 6.45) is -2.13. The molecule has 2 aliphatic heterocycles. The van der Waals surface area contributed by atoms with Crippen LogP contribution in [0.2, 0.25) is 0 Å². The van der Waals surface area contributed by atoms with Crippen LogP contribution in [-0.2, 0) is 17.8 Å². The Kier molecular flexibility index (Phi) is 7.54. The standard InChI is InChI=1S/C21H28N4O2.C2HF3O2/c1-14-7-10-24(11-8-14)20(26)15-4-5-18-16(12-15)17-13-22-9-6-19(17)25(18)21(27)23(2)3;3-2(4,5)1(6)7/h4-5,12,14,22H,6-11,13H2,1-3H3;(H,6,7). The molecule has 2 amide bonds. The van der Waals surface area contributed by atoms with Crippen molar-refractivity contribution in [3.63, 3.8) is 0 Å². The molecule has 1 aromatic heterocycles. The lowest BCUT2D eigenvalue weighted by atomic mass is 9.98. The molecule has 0 saturated carbocycles. The van der Waals surface area contributed by atoms with Crippen LogP contribution >= 0.6 is 0 Å². The highest BCUT2D eigenvalue weighted by molar-refractivity contribution is 6.02. The van der Waals surface area contributed by atoms with E-state index in [-0.39, 0.29) is 11.9 Å². The van der Waals surface area contributed by atoms with E-state index in [9.17, 15) is 22.8 Å². The summed E-state index contributed by atoms with van der Waals surface area (Å²) in [6.45, 7) is 5.51. The normalized spacial score (nSPS) is 16.5. The Morgan fingerprint density at radius 1 is 1.15 bits per heavy atom. The summed E-state index contributed by atoms with van der Waals surface area (Å²) in [6, 6.07) is 5.77. The third kappa shape index (κ3) is 5.35. The van der Waals surface area contributed by atoms with Gasteiger partial charge in [0, 0.05) is 63.3 Å². The van der Waals surface area contributed by atoms with Crippen molar-refractivity contribution in [1.82, 2.24) is 19.7 Å². The second-order valence-electron chi connectivity index (χ2n) is 8.87. The van der Waals surface area contributed by atoms with E-state index in [1.807, 2.05) is 27.7 Å². The van der Waals surface area contributed by atoms with Crippen LogP contribution in [0.3, 0.4) is 0 Å². The molecule has 2 aromatic rings. The maximum atomic E-state index is 13.0. The van der Waals surface area contributed by atoms with Gasteiger partial charge in [0.2, 0.25) is 0 Å². The Morgan fingerprint density at radius 3 is 2.32 bits per heavy atom. The fourth-order valence-electron chi connectivity index (χ4n) is 4.23. The van der Waals surface area contributed by atoms with Crippen molar-refractivity contribution in [2.45, 2.75) is 38.9 Å². The molecule has 4 rings (SSSR count). The van der Waals surface area contributed by atoms with Gasteiger partial charge >= 0.3 is 18.2 Å². The highest BCUT2D eigenvalue weighted by Gasteiger charge is 2.38. The molecule has 3 heterocycles. The lowest BCUT2D eigenvalue weighted by Crippen LogP contribution is -2.37. The van der Waals surface area contributed by atoms with Crippen LogP contribution in [0.1, 0.15) is 41.4 Å². The average Bonchev–Trinajstić information content (AvgIpc) is 3.12. The number of aliphatic carboxylic acids is 1. The summed E-state index contributed by atoms with van der Waals surface area (Å²) in [7, 11) is 3.55. The number of likely N-dealkylation sites (tertiary alicyclic amines) is 1. The molecule has 186 valence electrons. The van der Waals surface area contributed by atoms with E-state index in [0.717, 1.165) is 73.2 Å². The number of fused-ring (bicyclic) bond motifs is 3. The number of nitrogens with zero attached hydrogens (tertiary/aromatic N) is 3. The number of hydrogen-bond acceptors (Lipinski definition) is 4. The minimum absolute atomic E-state index is 0.0350. The van der Waals surface area contributed by atoms with Crippen LogP contribution in [0.15, 0.2) is 18.2 Å². The van der Waals surface area contributed by atoms with E-state index >= 15 is 0 Å². The number of carboxylic acids is 1. The number of halogens is 3. The van der Waals surface area contributed by atoms with Crippen molar-refractivity contribution >= 4 is 28.8 Å². The summed E-state index contributed by atoms with van der Waals surface area (Å²) >= 11 is 0. The molecule has 0 bridgehead atoms. The van der Waals surface area contributed by atoms with E-state index in [1.165, 1.54) is 0 Å². The van der Waals surface area contributed by atoms with Crippen molar-refractivity contribution in [3.8, 4) is 0 Å². The number of aromatic nitrogens is 1. The molecule has 34 heavy (non-hydrogen) atoms. The highest BCUT2D eigenvalue weighted by atomic mass is 19.4. The number of piperidine rings is 1. The first-order valence-corrected chi connectivity index (χ1v) is 11.1. The Bertz CT molecular complexity index is 1090. The predicted octanol–water partition coefficient (Wildman–Crippen LogP) is 3.32. The molecule has 2 aliphatic rings. The monoisotopic (exact) mass is 482 g/mol. The smallest absolute Gasteiger partial charge is 0.475 e. The van der Waals surface area contributed by atoms with Gasteiger partial charge in [-0.05, 0) is 42.5 Å². The number of benzene rings is 1. The zero-order valence-electron chi connectivity index (χ0n) is 19.4. The zero-order valence-corrected chi connectivity index (χ0v) is 19.4. The van der Waals surface area contributed by atoms with Gasteiger partial charge < -0.3 is 20.2 Å². The molecule has 0 atom stereocenters. The number of carbonyl (C=O) groups is 3. The van der Waals surface area contributed by atoms with Crippen LogP contribution in [-0.4, -0.2) is 77.3 Å². The third-order valence-electron chi connectivity index (χ3n) is 6.16. The van der Waals surface area contributed by atoms with E-state index in [0.29, 0.717) is 5.92 Å². The number of nitrogens with one attached hydrogen (secondary N) is 1. The Hall–Kier alpha value is -3.08.